The molecule has 0 aliphatic heterocycles. The molecule has 0 radical (unpaired) electrons. The summed E-state index contributed by atoms with van der Waals surface area (Å²) in [5.41, 5.74) is 0.493. The molecule has 7 heteroatoms. The summed E-state index contributed by atoms with van der Waals surface area (Å²) in [5, 5.41) is 19.6. The Bertz CT molecular complexity index is 629. The van der Waals surface area contributed by atoms with Crippen molar-refractivity contribution in [3.8, 4) is 0 Å². The van der Waals surface area contributed by atoms with Crippen molar-refractivity contribution in [2.24, 2.45) is 0 Å². The van der Waals surface area contributed by atoms with E-state index in [4.69, 9.17) is 0 Å². The molecule has 0 spiro atoms. The monoisotopic (exact) mass is 340 g/mol. The molecule has 3 rings (SSSR count). The van der Waals surface area contributed by atoms with Crippen molar-refractivity contribution in [1.82, 2.24) is 14.6 Å². The van der Waals surface area contributed by atoms with E-state index in [1.54, 1.807) is 0 Å². The molecule has 22 heavy (non-hydrogen) atoms. The van der Waals surface area contributed by atoms with Crippen LogP contribution in [-0.4, -0.2) is 42.9 Å². The summed E-state index contributed by atoms with van der Waals surface area (Å²) in [6.45, 7) is 9.15. The van der Waals surface area contributed by atoms with Gasteiger partial charge in [-0.3, -0.25) is 0 Å². The van der Waals surface area contributed by atoms with Crippen LogP contribution in [0.4, 0.5) is 5.13 Å². The van der Waals surface area contributed by atoms with Crippen LogP contribution < -0.4 is 5.32 Å². The lowest BCUT2D eigenvalue weighted by molar-refractivity contribution is -0.0120. The van der Waals surface area contributed by atoms with Crippen LogP contribution in [0.1, 0.15) is 46.2 Å². The molecule has 2 aromatic rings. The number of aliphatic hydroxyl groups is 1. The van der Waals surface area contributed by atoms with Crippen LogP contribution in [0.2, 0.25) is 0 Å². The van der Waals surface area contributed by atoms with Gasteiger partial charge in [-0.15, -0.1) is 5.10 Å². The average molecular weight is 341 g/mol. The van der Waals surface area contributed by atoms with Crippen LogP contribution in [-0.2, 0) is 5.41 Å². The molecule has 1 aliphatic rings. The predicted molar refractivity (Wildman–Crippen MR) is 94.2 cm³/mol. The minimum Gasteiger partial charge on any atom is -0.387 e. The third-order valence-corrected chi connectivity index (χ3v) is 6.45. The Hall–Kier alpha value is -0.790. The number of imidazole rings is 1. The highest BCUT2D eigenvalue weighted by Crippen LogP contribution is 2.41. The van der Waals surface area contributed by atoms with Gasteiger partial charge in [-0.2, -0.15) is 11.8 Å². The van der Waals surface area contributed by atoms with E-state index in [9.17, 15) is 5.11 Å². The maximum Gasteiger partial charge on any atom is 0.214 e. The van der Waals surface area contributed by atoms with Crippen LogP contribution in [0.15, 0.2) is 6.20 Å². The molecular weight excluding hydrogens is 316 g/mol. The fraction of sp³-hybridized carbons (Fsp3) is 0.733. The Morgan fingerprint density at radius 1 is 1.55 bits per heavy atom. The Kier molecular flexibility index (Phi) is 4.16. The molecule has 1 fully saturated rings. The van der Waals surface area contributed by atoms with E-state index in [0.717, 1.165) is 34.4 Å². The highest BCUT2D eigenvalue weighted by molar-refractivity contribution is 8.00. The van der Waals surface area contributed by atoms with Crippen molar-refractivity contribution >= 4 is 33.2 Å². The van der Waals surface area contributed by atoms with Gasteiger partial charge in [0.05, 0.1) is 17.5 Å². The normalized spacial score (nSPS) is 25.4. The maximum atomic E-state index is 10.6. The van der Waals surface area contributed by atoms with Gasteiger partial charge >= 0.3 is 0 Å². The first-order chi connectivity index (χ1) is 10.3. The van der Waals surface area contributed by atoms with E-state index >= 15 is 0 Å². The molecule has 1 saturated carbocycles. The maximum absolute atomic E-state index is 10.6. The van der Waals surface area contributed by atoms with Gasteiger partial charge in [-0.05, 0) is 18.6 Å². The smallest absolute Gasteiger partial charge is 0.214 e. The van der Waals surface area contributed by atoms with E-state index in [2.05, 4.69) is 43.1 Å². The topological polar surface area (TPSA) is 62.5 Å². The van der Waals surface area contributed by atoms with E-state index in [1.165, 1.54) is 11.3 Å². The summed E-state index contributed by atoms with van der Waals surface area (Å²) >= 11 is 3.38. The minimum absolute atomic E-state index is 0.0344. The largest absolute Gasteiger partial charge is 0.387 e. The van der Waals surface area contributed by atoms with Crippen molar-refractivity contribution < 1.29 is 5.11 Å². The van der Waals surface area contributed by atoms with Crippen LogP contribution in [0.5, 0.6) is 0 Å². The number of anilines is 1. The Morgan fingerprint density at radius 3 is 2.86 bits per heavy atom. The molecule has 2 heterocycles. The number of fused-ring (bicyclic) bond motifs is 1. The second kappa shape index (κ2) is 5.69. The molecule has 5 nitrogen and oxygen atoms in total. The number of aromatic nitrogens is 3. The van der Waals surface area contributed by atoms with Gasteiger partial charge in [0, 0.05) is 17.2 Å². The third kappa shape index (κ3) is 2.98. The zero-order valence-corrected chi connectivity index (χ0v) is 15.2. The number of nitrogens with one attached hydrogen (secondary N) is 1. The van der Waals surface area contributed by atoms with Crippen molar-refractivity contribution in [2.75, 3.05) is 17.6 Å². The van der Waals surface area contributed by atoms with Crippen LogP contribution >= 0.6 is 23.1 Å². The first-order valence-electron chi connectivity index (χ1n) is 7.76. The lowest BCUT2D eigenvalue weighted by atomic mass is 9.79. The molecule has 0 aromatic carbocycles. The molecule has 0 bridgehead atoms. The predicted octanol–water partition coefficient (Wildman–Crippen LogP) is 3.15. The zero-order chi connectivity index (χ0) is 16.0. The summed E-state index contributed by atoms with van der Waals surface area (Å²) in [6, 6.07) is 0. The third-order valence-electron chi connectivity index (χ3n) is 4.16. The van der Waals surface area contributed by atoms with Crippen LogP contribution in [0.25, 0.3) is 4.96 Å². The van der Waals surface area contributed by atoms with Gasteiger partial charge < -0.3 is 10.4 Å². The van der Waals surface area contributed by atoms with Crippen molar-refractivity contribution in [2.45, 2.75) is 56.8 Å². The molecule has 2 unspecified atom stereocenters. The zero-order valence-electron chi connectivity index (χ0n) is 13.6. The van der Waals surface area contributed by atoms with Gasteiger partial charge in [-0.25, -0.2) is 9.50 Å². The lowest BCUT2D eigenvalue weighted by Crippen LogP contribution is -2.54. The number of hydrogen-bond acceptors (Lipinski definition) is 6. The average Bonchev–Trinajstić information content (AvgIpc) is 2.98. The Balaban J connectivity index is 1.66. The number of hydrogen-bond donors (Lipinski definition) is 2. The van der Waals surface area contributed by atoms with Gasteiger partial charge in [0.1, 0.15) is 0 Å². The summed E-state index contributed by atoms with van der Waals surface area (Å²) in [4.78, 5) is 5.54. The molecule has 0 amide bonds. The first-order valence-corrected chi connectivity index (χ1v) is 9.63. The molecule has 2 atom stereocenters. The molecule has 122 valence electrons. The number of rotatable bonds is 5. The van der Waals surface area contributed by atoms with Crippen molar-refractivity contribution in [3.05, 3.63) is 11.9 Å². The molecule has 2 N–H and O–H groups in total. The quantitative estimate of drug-likeness (QED) is 0.875. The summed E-state index contributed by atoms with van der Waals surface area (Å²) < 4.78 is 1.83. The Morgan fingerprint density at radius 2 is 2.32 bits per heavy atom. The standard InChI is InChI=1S/C15H24N4OS2/c1-5-21-11-6-7-15(11,20)9-16-12-18-19-8-10(14(2,3)4)17-13(19)22-12/h8,11,20H,5-7,9H2,1-4H3,(H,16,18). The highest BCUT2D eigenvalue weighted by Gasteiger charge is 2.45. The van der Waals surface area contributed by atoms with Gasteiger partial charge in [0.2, 0.25) is 10.1 Å². The first kappa shape index (κ1) is 16.1. The van der Waals surface area contributed by atoms with Crippen molar-refractivity contribution in [3.63, 3.8) is 0 Å². The van der Waals surface area contributed by atoms with Crippen molar-refractivity contribution in [1.29, 1.82) is 0 Å². The number of nitrogens with zero attached hydrogens (tertiary/aromatic N) is 3. The number of thioether (sulfide) groups is 1. The summed E-state index contributed by atoms with van der Waals surface area (Å²) in [5.74, 6) is 1.05. The van der Waals surface area contributed by atoms with Gasteiger partial charge in [-0.1, -0.05) is 39.0 Å². The molecule has 1 aliphatic carbocycles. The van der Waals surface area contributed by atoms with Gasteiger partial charge in [0.15, 0.2) is 0 Å². The van der Waals surface area contributed by atoms with E-state index in [-0.39, 0.29) is 5.41 Å². The lowest BCUT2D eigenvalue weighted by Gasteiger charge is -2.44. The van der Waals surface area contributed by atoms with E-state index < -0.39 is 5.60 Å². The summed E-state index contributed by atoms with van der Waals surface area (Å²) in [7, 11) is 0. The van der Waals surface area contributed by atoms with Crippen LogP contribution in [0, 0.1) is 0 Å². The molecular formula is C15H24N4OS2. The fourth-order valence-electron chi connectivity index (χ4n) is 2.60. The van der Waals surface area contributed by atoms with E-state index in [1.807, 2.05) is 22.5 Å². The van der Waals surface area contributed by atoms with Crippen LogP contribution in [0.3, 0.4) is 0 Å². The molecule has 2 aromatic heterocycles. The Labute approximate surface area is 139 Å². The second-order valence-electron chi connectivity index (χ2n) is 6.95. The second-order valence-corrected chi connectivity index (χ2v) is 9.39. The summed E-state index contributed by atoms with van der Waals surface area (Å²) in [6.07, 6.45) is 3.96. The minimum atomic E-state index is -0.592. The van der Waals surface area contributed by atoms with E-state index in [0.29, 0.717) is 11.8 Å². The highest BCUT2D eigenvalue weighted by atomic mass is 32.2. The fourth-order valence-corrected chi connectivity index (χ4v) is 4.57. The molecule has 0 saturated heterocycles. The SMILES string of the molecule is CCSC1CCC1(O)CNc1nn2cc(C(C)(C)C)nc2s1. The van der Waals surface area contributed by atoms with Gasteiger partial charge in [0.25, 0.3) is 0 Å².